The van der Waals surface area contributed by atoms with Gasteiger partial charge in [-0.2, -0.15) is 0 Å². The van der Waals surface area contributed by atoms with Crippen molar-refractivity contribution in [2.24, 2.45) is 5.92 Å². The Morgan fingerprint density at radius 2 is 2.00 bits per heavy atom. The second-order valence-corrected chi connectivity index (χ2v) is 8.73. The third kappa shape index (κ3) is 4.90. The van der Waals surface area contributed by atoms with Crippen LogP contribution in [0.4, 0.5) is 11.4 Å². The molecular formula is C25H30N4OS. The third-order valence-electron chi connectivity index (χ3n) is 5.96. The van der Waals surface area contributed by atoms with Gasteiger partial charge in [-0.1, -0.05) is 19.1 Å². The van der Waals surface area contributed by atoms with E-state index in [1.165, 1.54) is 24.1 Å². The molecule has 1 aliphatic rings. The number of thiocarbonyl (C=S) groups is 1. The first kappa shape index (κ1) is 21.4. The van der Waals surface area contributed by atoms with Crippen molar-refractivity contribution in [1.82, 2.24) is 10.3 Å². The highest BCUT2D eigenvalue weighted by atomic mass is 32.1. The number of piperidine rings is 1. The molecule has 0 spiro atoms. The summed E-state index contributed by atoms with van der Waals surface area (Å²) in [6.45, 7) is 6.75. The average molecular weight is 435 g/mol. The van der Waals surface area contributed by atoms with Crippen LogP contribution in [0.3, 0.4) is 0 Å². The highest BCUT2D eigenvalue weighted by Gasteiger charge is 2.17. The first-order chi connectivity index (χ1) is 15.0. The Bertz CT molecular complexity index is 1050. The second-order valence-electron chi connectivity index (χ2n) is 8.32. The van der Waals surface area contributed by atoms with Crippen LogP contribution in [-0.4, -0.2) is 30.3 Å². The molecule has 1 fully saturated rings. The number of hydrogen-bond donors (Lipinski definition) is 2. The first-order valence-electron chi connectivity index (χ1n) is 10.9. The van der Waals surface area contributed by atoms with E-state index in [0.717, 1.165) is 41.3 Å². The van der Waals surface area contributed by atoms with E-state index in [-0.39, 0.29) is 6.04 Å². The van der Waals surface area contributed by atoms with Crippen molar-refractivity contribution < 1.29 is 4.74 Å². The highest BCUT2D eigenvalue weighted by molar-refractivity contribution is 7.80. The average Bonchev–Trinajstić information content (AvgIpc) is 2.79. The smallest absolute Gasteiger partial charge is 0.171 e. The van der Waals surface area contributed by atoms with Gasteiger partial charge in [-0.05, 0) is 79.9 Å². The molecule has 0 saturated carbocycles. The summed E-state index contributed by atoms with van der Waals surface area (Å²) in [5, 5.41) is 8.27. The summed E-state index contributed by atoms with van der Waals surface area (Å²) in [5.41, 5.74) is 4.23. The minimum atomic E-state index is 0.0944. The minimum absolute atomic E-state index is 0.0944. The molecule has 2 heterocycles. The third-order valence-corrected chi connectivity index (χ3v) is 6.18. The number of aromatic nitrogens is 1. The summed E-state index contributed by atoms with van der Waals surface area (Å²) in [5.74, 6) is 1.51. The number of nitrogens with one attached hydrogen (secondary N) is 2. The van der Waals surface area contributed by atoms with Crippen LogP contribution in [0.5, 0.6) is 5.75 Å². The van der Waals surface area contributed by atoms with Gasteiger partial charge in [0.05, 0.1) is 13.2 Å². The number of ether oxygens (including phenoxy) is 1. The molecule has 5 nitrogen and oxygen atoms in total. The lowest BCUT2D eigenvalue weighted by Gasteiger charge is -2.33. The van der Waals surface area contributed by atoms with Gasteiger partial charge in [0.1, 0.15) is 11.3 Å². The quantitative estimate of drug-likeness (QED) is 0.515. The number of anilines is 2. The number of methoxy groups -OCH3 is 1. The van der Waals surface area contributed by atoms with Crippen molar-refractivity contribution in [3.8, 4) is 5.75 Å². The predicted molar refractivity (Wildman–Crippen MR) is 133 cm³/mol. The van der Waals surface area contributed by atoms with E-state index in [9.17, 15) is 0 Å². The van der Waals surface area contributed by atoms with Crippen molar-refractivity contribution in [3.63, 3.8) is 0 Å². The monoisotopic (exact) mass is 434 g/mol. The van der Waals surface area contributed by atoms with Crippen molar-refractivity contribution in [2.45, 2.75) is 32.7 Å². The zero-order valence-electron chi connectivity index (χ0n) is 18.4. The molecule has 1 aliphatic heterocycles. The van der Waals surface area contributed by atoms with E-state index < -0.39 is 0 Å². The summed E-state index contributed by atoms with van der Waals surface area (Å²) >= 11 is 5.60. The second kappa shape index (κ2) is 9.52. The Kier molecular flexibility index (Phi) is 6.56. The standard InChI is InChI=1S/C25H30N4OS/c1-17-6-5-15-29(16-17)20-10-8-19(9-11-20)18(2)27-25(31)28-22-12-13-23(30-3)24-21(22)7-4-14-26-24/h4,7-14,17-18H,5-6,15-16H2,1-3H3,(H2,27,28,31)/t17-,18+/m0/s1. The van der Waals surface area contributed by atoms with E-state index >= 15 is 0 Å². The van der Waals surface area contributed by atoms with Gasteiger partial charge in [-0.25, -0.2) is 0 Å². The van der Waals surface area contributed by atoms with Crippen molar-refractivity contribution >= 4 is 39.6 Å². The van der Waals surface area contributed by atoms with Crippen LogP contribution in [0.25, 0.3) is 10.9 Å². The van der Waals surface area contributed by atoms with E-state index in [1.807, 2.05) is 24.3 Å². The summed E-state index contributed by atoms with van der Waals surface area (Å²) < 4.78 is 5.43. The molecule has 6 heteroatoms. The Morgan fingerprint density at radius 3 is 2.74 bits per heavy atom. The lowest BCUT2D eigenvalue weighted by atomic mass is 9.99. The van der Waals surface area contributed by atoms with Gasteiger partial charge >= 0.3 is 0 Å². The maximum atomic E-state index is 5.60. The van der Waals surface area contributed by atoms with Crippen molar-refractivity contribution in [3.05, 3.63) is 60.3 Å². The molecule has 0 aliphatic carbocycles. The highest BCUT2D eigenvalue weighted by Crippen LogP contribution is 2.30. The molecule has 0 bridgehead atoms. The topological polar surface area (TPSA) is 49.4 Å². The van der Waals surface area contributed by atoms with Crippen LogP contribution in [0.15, 0.2) is 54.7 Å². The van der Waals surface area contributed by atoms with Gasteiger partial charge < -0.3 is 20.3 Å². The lowest BCUT2D eigenvalue weighted by molar-refractivity contribution is 0.419. The number of nitrogens with zero attached hydrogens (tertiary/aromatic N) is 2. The molecule has 162 valence electrons. The maximum Gasteiger partial charge on any atom is 0.171 e. The van der Waals surface area contributed by atoms with Gasteiger partial charge in [0, 0.05) is 36.0 Å². The number of hydrogen-bond acceptors (Lipinski definition) is 4. The Morgan fingerprint density at radius 1 is 1.19 bits per heavy atom. The van der Waals surface area contributed by atoms with E-state index in [0.29, 0.717) is 5.11 Å². The molecule has 2 N–H and O–H groups in total. The molecule has 3 aromatic rings. The van der Waals surface area contributed by atoms with Crippen LogP contribution in [0, 0.1) is 5.92 Å². The predicted octanol–water partition coefficient (Wildman–Crippen LogP) is 5.53. The summed E-state index contributed by atoms with van der Waals surface area (Å²) in [6, 6.07) is 16.7. The minimum Gasteiger partial charge on any atom is -0.494 e. The largest absolute Gasteiger partial charge is 0.494 e. The number of fused-ring (bicyclic) bond motifs is 1. The van der Waals surface area contributed by atoms with E-state index in [1.54, 1.807) is 13.3 Å². The summed E-state index contributed by atoms with van der Waals surface area (Å²) in [4.78, 5) is 6.94. The summed E-state index contributed by atoms with van der Waals surface area (Å²) in [6.07, 6.45) is 4.37. The van der Waals surface area contributed by atoms with E-state index in [2.05, 4.69) is 58.6 Å². The van der Waals surface area contributed by atoms with Crippen molar-refractivity contribution in [2.75, 3.05) is 30.4 Å². The van der Waals surface area contributed by atoms with Crippen LogP contribution >= 0.6 is 12.2 Å². The molecule has 1 aromatic heterocycles. The molecule has 0 unspecified atom stereocenters. The van der Waals surface area contributed by atoms with Gasteiger partial charge in [0.2, 0.25) is 0 Å². The Balaban J connectivity index is 1.41. The zero-order valence-corrected chi connectivity index (χ0v) is 19.2. The zero-order chi connectivity index (χ0) is 21.8. The Labute approximate surface area is 189 Å². The fraction of sp³-hybridized carbons (Fsp3) is 0.360. The lowest BCUT2D eigenvalue weighted by Crippen LogP contribution is -2.34. The molecule has 2 aromatic carbocycles. The molecule has 4 rings (SSSR count). The first-order valence-corrected chi connectivity index (χ1v) is 11.3. The van der Waals surface area contributed by atoms with Crippen LogP contribution in [0.2, 0.25) is 0 Å². The van der Waals surface area contributed by atoms with Crippen molar-refractivity contribution in [1.29, 1.82) is 0 Å². The Hall–Kier alpha value is -2.86. The SMILES string of the molecule is COc1ccc(NC(=S)N[C@H](C)c2ccc(N3CCC[C@H](C)C3)cc2)c2cccnc12. The number of rotatable bonds is 5. The van der Waals surface area contributed by atoms with Gasteiger partial charge in [0.15, 0.2) is 5.11 Å². The molecule has 31 heavy (non-hydrogen) atoms. The van der Waals surface area contributed by atoms with Crippen LogP contribution in [-0.2, 0) is 0 Å². The summed E-state index contributed by atoms with van der Waals surface area (Å²) in [7, 11) is 1.65. The fourth-order valence-electron chi connectivity index (χ4n) is 4.26. The van der Waals surface area contributed by atoms with Gasteiger partial charge in [-0.15, -0.1) is 0 Å². The fourth-order valence-corrected chi connectivity index (χ4v) is 4.54. The number of pyridine rings is 1. The molecule has 2 atom stereocenters. The van der Waals surface area contributed by atoms with E-state index in [4.69, 9.17) is 17.0 Å². The van der Waals surface area contributed by atoms with Crippen LogP contribution < -0.4 is 20.3 Å². The van der Waals surface area contributed by atoms with Crippen LogP contribution in [0.1, 0.15) is 38.3 Å². The molecule has 0 radical (unpaired) electrons. The van der Waals surface area contributed by atoms with Gasteiger partial charge in [0.25, 0.3) is 0 Å². The van der Waals surface area contributed by atoms with Gasteiger partial charge in [-0.3, -0.25) is 4.98 Å². The number of benzene rings is 2. The maximum absolute atomic E-state index is 5.60. The molecule has 0 amide bonds. The molecular weight excluding hydrogens is 404 g/mol. The molecule has 1 saturated heterocycles. The normalized spacial score (nSPS) is 17.3.